The van der Waals surface area contributed by atoms with Gasteiger partial charge in [-0.15, -0.1) is 0 Å². The lowest BCUT2D eigenvalue weighted by Crippen LogP contribution is -2.45. The van der Waals surface area contributed by atoms with Crippen LogP contribution in [0.2, 0.25) is 5.02 Å². The molecule has 0 aromatic heterocycles. The molecule has 1 atom stereocenters. The molecular formula is C20H22ClN3O3. The van der Waals surface area contributed by atoms with Gasteiger partial charge in [-0.2, -0.15) is 0 Å². The van der Waals surface area contributed by atoms with E-state index in [1.807, 2.05) is 30.3 Å². The van der Waals surface area contributed by atoms with Crippen molar-refractivity contribution in [1.29, 1.82) is 0 Å². The topological polar surface area (TPSA) is 87.3 Å². The van der Waals surface area contributed by atoms with Crippen molar-refractivity contribution in [2.24, 2.45) is 0 Å². The zero-order valence-electron chi connectivity index (χ0n) is 15.0. The fraction of sp³-hybridized carbons (Fsp3) is 0.250. The first-order valence-electron chi connectivity index (χ1n) is 8.61. The monoisotopic (exact) mass is 387 g/mol. The van der Waals surface area contributed by atoms with Gasteiger partial charge < -0.3 is 16.0 Å². The zero-order chi connectivity index (χ0) is 19.6. The summed E-state index contributed by atoms with van der Waals surface area (Å²) in [6, 6.07) is 15.4. The van der Waals surface area contributed by atoms with Gasteiger partial charge in [0.1, 0.15) is 6.04 Å². The summed E-state index contributed by atoms with van der Waals surface area (Å²) in [5.74, 6) is -0.956. The number of benzene rings is 2. The van der Waals surface area contributed by atoms with E-state index in [0.29, 0.717) is 17.1 Å². The Morgan fingerprint density at radius 2 is 1.63 bits per heavy atom. The Morgan fingerprint density at radius 1 is 0.963 bits per heavy atom. The predicted octanol–water partition coefficient (Wildman–Crippen LogP) is 2.28. The zero-order valence-corrected chi connectivity index (χ0v) is 15.8. The Morgan fingerprint density at radius 3 is 2.33 bits per heavy atom. The molecule has 0 bridgehead atoms. The number of rotatable bonds is 8. The molecule has 6 nitrogen and oxygen atoms in total. The first-order valence-corrected chi connectivity index (χ1v) is 8.99. The summed E-state index contributed by atoms with van der Waals surface area (Å²) < 4.78 is 0. The van der Waals surface area contributed by atoms with E-state index in [2.05, 4.69) is 16.0 Å². The molecule has 0 saturated heterocycles. The minimum atomic E-state index is -0.749. The van der Waals surface area contributed by atoms with Gasteiger partial charge >= 0.3 is 0 Å². The lowest BCUT2D eigenvalue weighted by molar-refractivity contribution is -0.123. The Bertz CT molecular complexity index is 796. The van der Waals surface area contributed by atoms with Crippen molar-refractivity contribution >= 4 is 29.3 Å². The van der Waals surface area contributed by atoms with Crippen LogP contribution in [0.1, 0.15) is 29.3 Å². The number of hydrogen-bond donors (Lipinski definition) is 3. The lowest BCUT2D eigenvalue weighted by Gasteiger charge is -2.14. The molecule has 7 heteroatoms. The van der Waals surface area contributed by atoms with Crippen LogP contribution in [0.3, 0.4) is 0 Å². The average molecular weight is 388 g/mol. The number of carbonyl (C=O) groups excluding carboxylic acids is 3. The van der Waals surface area contributed by atoms with Crippen LogP contribution < -0.4 is 16.0 Å². The largest absolute Gasteiger partial charge is 0.354 e. The van der Waals surface area contributed by atoms with E-state index in [1.54, 1.807) is 31.2 Å². The van der Waals surface area contributed by atoms with Crippen molar-refractivity contribution in [3.8, 4) is 0 Å². The second-order valence-corrected chi connectivity index (χ2v) is 6.39. The molecule has 2 aromatic carbocycles. The van der Waals surface area contributed by atoms with Crippen molar-refractivity contribution in [2.45, 2.75) is 25.9 Å². The molecule has 3 N–H and O–H groups in total. The molecule has 0 spiro atoms. The minimum absolute atomic E-state index is 0.157. The molecule has 1 unspecified atom stereocenters. The van der Waals surface area contributed by atoms with Gasteiger partial charge in [-0.3, -0.25) is 14.4 Å². The minimum Gasteiger partial charge on any atom is -0.354 e. The van der Waals surface area contributed by atoms with Gasteiger partial charge in [0.25, 0.3) is 5.91 Å². The van der Waals surface area contributed by atoms with E-state index in [1.165, 1.54) is 0 Å². The summed E-state index contributed by atoms with van der Waals surface area (Å²) in [6.07, 6.45) is 0.157. The van der Waals surface area contributed by atoms with Crippen molar-refractivity contribution in [1.82, 2.24) is 16.0 Å². The second-order valence-electron chi connectivity index (χ2n) is 5.98. The van der Waals surface area contributed by atoms with E-state index < -0.39 is 11.9 Å². The number of nitrogens with one attached hydrogen (secondary N) is 3. The van der Waals surface area contributed by atoms with Crippen LogP contribution in [0.25, 0.3) is 0 Å². The molecule has 3 amide bonds. The van der Waals surface area contributed by atoms with Gasteiger partial charge in [0, 0.05) is 19.5 Å². The van der Waals surface area contributed by atoms with E-state index in [9.17, 15) is 14.4 Å². The molecule has 0 aliphatic rings. The Kier molecular flexibility index (Phi) is 7.82. The highest BCUT2D eigenvalue weighted by Gasteiger charge is 2.18. The smallest absolute Gasteiger partial charge is 0.253 e. The maximum atomic E-state index is 12.1. The van der Waals surface area contributed by atoms with Crippen LogP contribution in [-0.2, 0) is 16.1 Å². The van der Waals surface area contributed by atoms with Crippen molar-refractivity contribution in [2.75, 3.05) is 6.54 Å². The van der Waals surface area contributed by atoms with Crippen LogP contribution in [0.15, 0.2) is 54.6 Å². The number of hydrogen-bond acceptors (Lipinski definition) is 3. The number of amides is 3. The maximum Gasteiger partial charge on any atom is 0.253 e. The first-order chi connectivity index (χ1) is 13.0. The first kappa shape index (κ1) is 20.5. The van der Waals surface area contributed by atoms with Gasteiger partial charge in [0.2, 0.25) is 11.8 Å². The fourth-order valence-corrected chi connectivity index (χ4v) is 2.54. The molecule has 0 aliphatic carbocycles. The van der Waals surface area contributed by atoms with Crippen molar-refractivity contribution < 1.29 is 14.4 Å². The summed E-state index contributed by atoms with van der Waals surface area (Å²) in [6.45, 7) is 2.20. The Labute approximate surface area is 163 Å². The van der Waals surface area contributed by atoms with Gasteiger partial charge in [0.15, 0.2) is 0 Å². The van der Waals surface area contributed by atoms with E-state index in [4.69, 9.17) is 11.6 Å². The van der Waals surface area contributed by atoms with Crippen LogP contribution >= 0.6 is 11.6 Å². The fourth-order valence-electron chi connectivity index (χ4n) is 2.32. The normalized spacial score (nSPS) is 11.3. The summed E-state index contributed by atoms with van der Waals surface area (Å²) in [5, 5.41) is 8.33. The lowest BCUT2D eigenvalue weighted by atomic mass is 10.2. The highest BCUT2D eigenvalue weighted by atomic mass is 35.5. The van der Waals surface area contributed by atoms with Crippen LogP contribution in [0.4, 0.5) is 0 Å². The van der Waals surface area contributed by atoms with Crippen molar-refractivity contribution in [3.05, 3.63) is 70.7 Å². The SMILES string of the molecule is CC(NC(=O)c1ccccc1Cl)C(=O)NCCC(=O)NCc1ccccc1. The van der Waals surface area contributed by atoms with E-state index >= 15 is 0 Å². The molecule has 0 saturated carbocycles. The Balaban J connectivity index is 1.69. The molecule has 0 fully saturated rings. The standard InChI is InChI=1S/C20H22ClN3O3/c1-14(24-20(27)16-9-5-6-10-17(16)21)19(26)22-12-11-18(25)23-13-15-7-3-2-4-8-15/h2-10,14H,11-13H2,1H3,(H,22,26)(H,23,25)(H,24,27). The average Bonchev–Trinajstić information content (AvgIpc) is 2.67. The third kappa shape index (κ3) is 6.75. The van der Waals surface area contributed by atoms with Gasteiger partial charge in [-0.25, -0.2) is 0 Å². The van der Waals surface area contributed by atoms with E-state index in [-0.39, 0.29) is 24.8 Å². The maximum absolute atomic E-state index is 12.1. The highest BCUT2D eigenvalue weighted by molar-refractivity contribution is 6.33. The van der Waals surface area contributed by atoms with Crippen LogP contribution in [0, 0.1) is 0 Å². The molecule has 0 radical (unpaired) electrons. The summed E-state index contributed by atoms with van der Waals surface area (Å²) in [5.41, 5.74) is 1.31. The summed E-state index contributed by atoms with van der Waals surface area (Å²) in [4.78, 5) is 36.0. The number of carbonyl (C=O) groups is 3. The van der Waals surface area contributed by atoms with E-state index in [0.717, 1.165) is 5.56 Å². The van der Waals surface area contributed by atoms with Crippen LogP contribution in [-0.4, -0.2) is 30.3 Å². The molecule has 2 rings (SSSR count). The third-order valence-corrected chi connectivity index (χ3v) is 4.17. The quantitative estimate of drug-likeness (QED) is 0.649. The predicted molar refractivity (Wildman–Crippen MR) is 104 cm³/mol. The summed E-state index contributed by atoms with van der Waals surface area (Å²) >= 11 is 5.97. The summed E-state index contributed by atoms with van der Waals surface area (Å²) in [7, 11) is 0. The van der Waals surface area contributed by atoms with Crippen molar-refractivity contribution in [3.63, 3.8) is 0 Å². The number of halogens is 1. The van der Waals surface area contributed by atoms with Gasteiger partial charge in [0.05, 0.1) is 10.6 Å². The Hall–Kier alpha value is -2.86. The second kappa shape index (κ2) is 10.3. The molecular weight excluding hydrogens is 366 g/mol. The molecule has 27 heavy (non-hydrogen) atoms. The molecule has 0 heterocycles. The third-order valence-electron chi connectivity index (χ3n) is 3.84. The van der Waals surface area contributed by atoms with Gasteiger partial charge in [-0.05, 0) is 24.6 Å². The molecule has 2 aromatic rings. The molecule has 0 aliphatic heterocycles. The van der Waals surface area contributed by atoms with Gasteiger partial charge in [-0.1, -0.05) is 54.1 Å². The van der Waals surface area contributed by atoms with Crippen LogP contribution in [0.5, 0.6) is 0 Å². The highest BCUT2D eigenvalue weighted by Crippen LogP contribution is 2.14. The molecule has 142 valence electrons.